The Balaban J connectivity index is 2.13. The van der Waals surface area contributed by atoms with Gasteiger partial charge in [-0.05, 0) is 49.1 Å². The molecule has 2 aromatic carbocycles. The van der Waals surface area contributed by atoms with Crippen molar-refractivity contribution in [2.75, 3.05) is 17.1 Å². The molecule has 2 rings (SSSR count). The molecule has 2 aromatic rings. The molecule has 6 nitrogen and oxygen atoms in total. The van der Waals surface area contributed by atoms with E-state index in [1.165, 1.54) is 0 Å². The van der Waals surface area contributed by atoms with Gasteiger partial charge in [-0.3, -0.25) is 9.10 Å². The molecular formula is C22H30N2O4S. The minimum Gasteiger partial charge on any atom is -0.491 e. The maximum Gasteiger partial charge on any atom is 0.241 e. The number of para-hydroxylation sites is 1. The lowest BCUT2D eigenvalue weighted by molar-refractivity contribution is -0.119. The lowest BCUT2D eigenvalue weighted by Gasteiger charge is -2.25. The molecule has 0 aliphatic rings. The number of benzene rings is 2. The number of ether oxygens (including phenoxy) is 1. The Kier molecular flexibility index (Phi) is 7.67. The van der Waals surface area contributed by atoms with Crippen LogP contribution in [0.4, 0.5) is 5.69 Å². The van der Waals surface area contributed by atoms with Gasteiger partial charge in [0.1, 0.15) is 12.3 Å². The van der Waals surface area contributed by atoms with Crippen molar-refractivity contribution >= 4 is 21.6 Å². The molecule has 0 aliphatic carbocycles. The van der Waals surface area contributed by atoms with Crippen LogP contribution < -0.4 is 14.4 Å². The first kappa shape index (κ1) is 22.7. The van der Waals surface area contributed by atoms with E-state index in [1.807, 2.05) is 64.1 Å². The van der Waals surface area contributed by atoms with E-state index in [2.05, 4.69) is 5.32 Å². The van der Waals surface area contributed by atoms with Crippen LogP contribution in [-0.2, 0) is 21.4 Å². The van der Waals surface area contributed by atoms with Crippen LogP contribution >= 0.6 is 0 Å². The summed E-state index contributed by atoms with van der Waals surface area (Å²) in [5.74, 6) is 0.488. The van der Waals surface area contributed by atoms with Crippen molar-refractivity contribution in [2.24, 2.45) is 0 Å². The van der Waals surface area contributed by atoms with Gasteiger partial charge in [0.15, 0.2) is 0 Å². The molecule has 1 amide bonds. The highest BCUT2D eigenvalue weighted by Crippen LogP contribution is 2.28. The van der Waals surface area contributed by atoms with Gasteiger partial charge < -0.3 is 10.1 Å². The van der Waals surface area contributed by atoms with Gasteiger partial charge in [0.25, 0.3) is 0 Å². The van der Waals surface area contributed by atoms with E-state index in [-0.39, 0.29) is 31.0 Å². The maximum absolute atomic E-state index is 12.5. The zero-order valence-electron chi connectivity index (χ0n) is 17.7. The lowest BCUT2D eigenvalue weighted by atomic mass is 10.0. The average molecular weight is 419 g/mol. The van der Waals surface area contributed by atoms with Crippen LogP contribution in [0.2, 0.25) is 0 Å². The maximum atomic E-state index is 12.5. The molecule has 158 valence electrons. The molecule has 0 aromatic heterocycles. The predicted molar refractivity (Wildman–Crippen MR) is 117 cm³/mol. The number of hydrogen-bond acceptors (Lipinski definition) is 4. The average Bonchev–Trinajstić information content (AvgIpc) is 2.63. The zero-order valence-corrected chi connectivity index (χ0v) is 18.5. The van der Waals surface area contributed by atoms with Crippen molar-refractivity contribution in [3.05, 3.63) is 59.7 Å². The van der Waals surface area contributed by atoms with Gasteiger partial charge in [0, 0.05) is 6.54 Å². The first-order chi connectivity index (χ1) is 13.6. The lowest BCUT2D eigenvalue weighted by Crippen LogP contribution is -2.40. The first-order valence-corrected chi connectivity index (χ1v) is 11.5. The Morgan fingerprint density at radius 2 is 1.76 bits per heavy atom. The number of rotatable bonds is 9. The molecular weight excluding hydrogens is 388 g/mol. The highest BCUT2D eigenvalue weighted by Gasteiger charge is 2.23. The molecule has 0 heterocycles. The number of sulfonamides is 1. The van der Waals surface area contributed by atoms with Gasteiger partial charge in [-0.15, -0.1) is 0 Å². The fourth-order valence-electron chi connectivity index (χ4n) is 2.97. The molecule has 0 bridgehead atoms. The third-order valence-corrected chi connectivity index (χ3v) is 5.40. The van der Waals surface area contributed by atoms with Gasteiger partial charge in [-0.2, -0.15) is 0 Å². The summed E-state index contributed by atoms with van der Waals surface area (Å²) in [6.45, 7) is 7.89. The van der Waals surface area contributed by atoms with E-state index >= 15 is 0 Å². The molecule has 0 aliphatic heterocycles. The number of hydrogen-bond donors (Lipinski definition) is 1. The second-order valence-electron chi connectivity index (χ2n) is 7.57. The number of carbonyl (C=O) groups excluding carboxylic acids is 1. The highest BCUT2D eigenvalue weighted by atomic mass is 32.2. The number of anilines is 1. The minimum atomic E-state index is -3.62. The van der Waals surface area contributed by atoms with E-state index in [0.29, 0.717) is 5.69 Å². The fraction of sp³-hybridized carbons (Fsp3) is 0.409. The molecule has 0 saturated carbocycles. The number of carbonyl (C=O) groups is 1. The highest BCUT2D eigenvalue weighted by molar-refractivity contribution is 7.92. The van der Waals surface area contributed by atoms with Crippen LogP contribution in [0.3, 0.4) is 0 Å². The third-order valence-electron chi connectivity index (χ3n) is 4.27. The van der Waals surface area contributed by atoms with Gasteiger partial charge in [0.05, 0.1) is 18.0 Å². The first-order valence-electron chi connectivity index (χ1n) is 9.67. The Labute approximate surface area is 173 Å². The molecule has 0 radical (unpaired) electrons. The summed E-state index contributed by atoms with van der Waals surface area (Å²) >= 11 is 0. The second-order valence-corrected chi connectivity index (χ2v) is 9.48. The Morgan fingerprint density at radius 1 is 1.07 bits per heavy atom. The Bertz CT molecular complexity index is 939. The van der Waals surface area contributed by atoms with Gasteiger partial charge in [-0.25, -0.2) is 8.42 Å². The smallest absolute Gasteiger partial charge is 0.241 e. The van der Waals surface area contributed by atoms with Crippen molar-refractivity contribution < 1.29 is 17.9 Å². The quantitative estimate of drug-likeness (QED) is 0.674. The number of nitrogens with zero attached hydrogens (tertiary/aromatic N) is 1. The van der Waals surface area contributed by atoms with Crippen LogP contribution in [0.5, 0.6) is 5.75 Å². The largest absolute Gasteiger partial charge is 0.491 e. The number of amides is 1. The molecule has 0 spiro atoms. The summed E-state index contributed by atoms with van der Waals surface area (Å²) in [4.78, 5) is 12.5. The summed E-state index contributed by atoms with van der Waals surface area (Å²) < 4.78 is 31.6. The number of nitrogens with one attached hydrogen (secondary N) is 1. The van der Waals surface area contributed by atoms with Crippen LogP contribution in [0, 0.1) is 0 Å². The fourth-order valence-corrected chi connectivity index (χ4v) is 3.85. The SMILES string of the molecule is CC(C)Oc1cccc(CNC(=O)CN(c2ccccc2C(C)C)S(C)(=O)=O)c1. The summed E-state index contributed by atoms with van der Waals surface area (Å²) in [6, 6.07) is 14.7. The van der Waals surface area contributed by atoms with Crippen molar-refractivity contribution in [3.63, 3.8) is 0 Å². The van der Waals surface area contributed by atoms with E-state index in [0.717, 1.165) is 27.4 Å². The predicted octanol–water partition coefficient (Wildman–Crippen LogP) is 3.68. The van der Waals surface area contributed by atoms with Gasteiger partial charge >= 0.3 is 0 Å². The molecule has 1 N–H and O–H groups in total. The van der Waals surface area contributed by atoms with Crippen molar-refractivity contribution in [2.45, 2.75) is 46.3 Å². The zero-order chi connectivity index (χ0) is 21.6. The summed E-state index contributed by atoms with van der Waals surface area (Å²) in [5.41, 5.74) is 2.29. The topological polar surface area (TPSA) is 75.7 Å². The van der Waals surface area contributed by atoms with Gasteiger partial charge in [-0.1, -0.05) is 44.2 Å². The van der Waals surface area contributed by atoms with Crippen LogP contribution in [-0.4, -0.2) is 33.2 Å². The molecule has 0 unspecified atom stereocenters. The van der Waals surface area contributed by atoms with Crippen molar-refractivity contribution in [3.8, 4) is 5.75 Å². The molecule has 0 atom stereocenters. The van der Waals surface area contributed by atoms with E-state index < -0.39 is 10.0 Å². The summed E-state index contributed by atoms with van der Waals surface area (Å²) in [5, 5.41) is 2.80. The summed E-state index contributed by atoms with van der Waals surface area (Å²) in [7, 11) is -3.62. The molecule has 7 heteroatoms. The normalized spacial score (nSPS) is 11.6. The van der Waals surface area contributed by atoms with E-state index in [1.54, 1.807) is 12.1 Å². The van der Waals surface area contributed by atoms with Crippen LogP contribution in [0.1, 0.15) is 44.7 Å². The summed E-state index contributed by atoms with van der Waals surface area (Å²) in [6.07, 6.45) is 1.17. The van der Waals surface area contributed by atoms with Crippen LogP contribution in [0.15, 0.2) is 48.5 Å². The molecule has 0 saturated heterocycles. The van der Waals surface area contributed by atoms with Crippen molar-refractivity contribution in [1.29, 1.82) is 0 Å². The molecule has 29 heavy (non-hydrogen) atoms. The van der Waals surface area contributed by atoms with Crippen LogP contribution in [0.25, 0.3) is 0 Å². The van der Waals surface area contributed by atoms with Crippen molar-refractivity contribution in [1.82, 2.24) is 5.32 Å². The Morgan fingerprint density at radius 3 is 2.38 bits per heavy atom. The second kappa shape index (κ2) is 9.78. The Hall–Kier alpha value is -2.54. The van der Waals surface area contributed by atoms with Gasteiger partial charge in [0.2, 0.25) is 15.9 Å². The third kappa shape index (κ3) is 6.78. The molecule has 0 fully saturated rings. The van der Waals surface area contributed by atoms with E-state index in [4.69, 9.17) is 4.74 Å². The minimum absolute atomic E-state index is 0.0594. The standard InChI is InChI=1S/C22H30N2O4S/c1-16(2)20-11-6-7-12-21(20)24(29(5,26)27)15-22(25)23-14-18-9-8-10-19(13-18)28-17(3)4/h6-13,16-17H,14-15H2,1-5H3,(H,23,25). The van der Waals surface area contributed by atoms with E-state index in [9.17, 15) is 13.2 Å². The monoisotopic (exact) mass is 418 g/mol.